The molecular formula is C15H15ClN2O3. The van der Waals surface area contributed by atoms with E-state index in [4.69, 9.17) is 21.1 Å². The van der Waals surface area contributed by atoms with Crippen LogP contribution in [0.5, 0.6) is 0 Å². The zero-order valence-electron chi connectivity index (χ0n) is 11.3. The molecule has 1 aromatic carbocycles. The lowest BCUT2D eigenvalue weighted by Crippen LogP contribution is -2.22. The number of oxazole rings is 1. The molecule has 1 fully saturated rings. The van der Waals surface area contributed by atoms with Gasteiger partial charge in [0, 0.05) is 23.7 Å². The fourth-order valence-electron chi connectivity index (χ4n) is 2.54. The summed E-state index contributed by atoms with van der Waals surface area (Å²) >= 11 is 5.95. The molecule has 1 saturated heterocycles. The van der Waals surface area contributed by atoms with Crippen LogP contribution in [0.25, 0.3) is 11.5 Å². The van der Waals surface area contributed by atoms with Crippen molar-refractivity contribution >= 4 is 17.6 Å². The average Bonchev–Trinajstić information content (AvgIpc) is 3.08. The number of rotatable bonds is 4. The monoisotopic (exact) mass is 306 g/mol. The van der Waals surface area contributed by atoms with E-state index in [2.05, 4.69) is 9.88 Å². The van der Waals surface area contributed by atoms with Crippen LogP contribution in [-0.4, -0.2) is 34.0 Å². The fourth-order valence-corrected chi connectivity index (χ4v) is 2.73. The maximum Gasteiger partial charge on any atom is 0.307 e. The van der Waals surface area contributed by atoms with E-state index >= 15 is 0 Å². The molecule has 0 radical (unpaired) electrons. The molecule has 1 aromatic heterocycles. The SMILES string of the molecule is O=C(O)C1CCN(Cc2coc(-c3cccc(Cl)c3)n2)C1. The van der Waals surface area contributed by atoms with Crippen molar-refractivity contribution in [3.8, 4) is 11.5 Å². The van der Waals surface area contributed by atoms with E-state index in [9.17, 15) is 4.79 Å². The van der Waals surface area contributed by atoms with Gasteiger partial charge in [-0.3, -0.25) is 9.69 Å². The maximum absolute atomic E-state index is 10.9. The first-order chi connectivity index (χ1) is 10.1. The second-order valence-corrected chi connectivity index (χ2v) is 5.65. The second-order valence-electron chi connectivity index (χ2n) is 5.21. The van der Waals surface area contributed by atoms with Gasteiger partial charge in [-0.1, -0.05) is 17.7 Å². The summed E-state index contributed by atoms with van der Waals surface area (Å²) in [6.45, 7) is 1.94. The van der Waals surface area contributed by atoms with E-state index in [1.54, 1.807) is 18.4 Å². The van der Waals surface area contributed by atoms with Gasteiger partial charge in [-0.25, -0.2) is 4.98 Å². The third-order valence-corrected chi connectivity index (χ3v) is 3.87. The molecule has 3 rings (SSSR count). The first-order valence-corrected chi connectivity index (χ1v) is 7.15. The number of halogens is 1. The van der Waals surface area contributed by atoms with Gasteiger partial charge in [0.2, 0.25) is 5.89 Å². The molecule has 2 heterocycles. The smallest absolute Gasteiger partial charge is 0.307 e. The highest BCUT2D eigenvalue weighted by Crippen LogP contribution is 2.24. The van der Waals surface area contributed by atoms with Gasteiger partial charge in [0.25, 0.3) is 0 Å². The second kappa shape index (κ2) is 5.87. The molecule has 6 heteroatoms. The summed E-state index contributed by atoms with van der Waals surface area (Å²) < 4.78 is 5.48. The first kappa shape index (κ1) is 14.1. The number of aliphatic carboxylic acids is 1. The Bertz CT molecular complexity index is 656. The van der Waals surface area contributed by atoms with E-state index in [-0.39, 0.29) is 5.92 Å². The average molecular weight is 307 g/mol. The molecule has 1 N–H and O–H groups in total. The quantitative estimate of drug-likeness (QED) is 0.940. The van der Waals surface area contributed by atoms with Gasteiger partial charge >= 0.3 is 5.97 Å². The van der Waals surface area contributed by atoms with Crippen molar-refractivity contribution in [2.45, 2.75) is 13.0 Å². The zero-order chi connectivity index (χ0) is 14.8. The molecule has 0 aliphatic carbocycles. The maximum atomic E-state index is 10.9. The summed E-state index contributed by atoms with van der Waals surface area (Å²) in [6, 6.07) is 7.33. The summed E-state index contributed by atoms with van der Waals surface area (Å²) in [6.07, 6.45) is 2.30. The lowest BCUT2D eigenvalue weighted by Gasteiger charge is -2.12. The lowest BCUT2D eigenvalue weighted by molar-refractivity contribution is -0.141. The molecule has 0 bridgehead atoms. The summed E-state index contributed by atoms with van der Waals surface area (Å²) in [7, 11) is 0. The van der Waals surface area contributed by atoms with E-state index in [1.165, 1.54) is 0 Å². The number of carboxylic acids is 1. The standard InChI is InChI=1S/C15H15ClN2O3/c16-12-3-1-2-10(6-12)14-17-13(9-21-14)8-18-5-4-11(7-18)15(19)20/h1-3,6,9,11H,4-5,7-8H2,(H,19,20). The highest BCUT2D eigenvalue weighted by molar-refractivity contribution is 6.30. The Balaban J connectivity index is 1.67. The van der Waals surface area contributed by atoms with Gasteiger partial charge in [-0.2, -0.15) is 0 Å². The number of hydrogen-bond donors (Lipinski definition) is 1. The molecule has 1 aliphatic rings. The Morgan fingerprint density at radius 1 is 1.52 bits per heavy atom. The number of carbonyl (C=O) groups is 1. The minimum atomic E-state index is -0.725. The van der Waals surface area contributed by atoms with E-state index in [1.807, 2.05) is 12.1 Å². The molecule has 110 valence electrons. The predicted molar refractivity (Wildman–Crippen MR) is 78.0 cm³/mol. The zero-order valence-corrected chi connectivity index (χ0v) is 12.1. The number of carboxylic acid groups (broad SMARTS) is 1. The van der Waals surface area contributed by atoms with Crippen LogP contribution in [0.4, 0.5) is 0 Å². The summed E-state index contributed by atoms with van der Waals surface area (Å²) in [5.74, 6) is -0.469. The molecule has 5 nitrogen and oxygen atoms in total. The number of benzene rings is 1. The lowest BCUT2D eigenvalue weighted by atomic mass is 10.1. The topological polar surface area (TPSA) is 66.6 Å². The van der Waals surface area contributed by atoms with Crippen LogP contribution in [0.1, 0.15) is 12.1 Å². The molecule has 1 aliphatic heterocycles. The van der Waals surface area contributed by atoms with Crippen LogP contribution >= 0.6 is 11.6 Å². The molecule has 1 unspecified atom stereocenters. The van der Waals surface area contributed by atoms with E-state index in [0.29, 0.717) is 30.4 Å². The van der Waals surface area contributed by atoms with Crippen molar-refractivity contribution in [1.82, 2.24) is 9.88 Å². The van der Waals surface area contributed by atoms with Crippen LogP contribution in [-0.2, 0) is 11.3 Å². The minimum absolute atomic E-state index is 0.274. The van der Waals surface area contributed by atoms with Gasteiger partial charge in [-0.15, -0.1) is 0 Å². The van der Waals surface area contributed by atoms with Crippen molar-refractivity contribution < 1.29 is 14.3 Å². The Hall–Kier alpha value is -1.85. The van der Waals surface area contributed by atoms with Gasteiger partial charge in [0.15, 0.2) is 0 Å². The molecule has 21 heavy (non-hydrogen) atoms. The van der Waals surface area contributed by atoms with Crippen LogP contribution < -0.4 is 0 Å². The van der Waals surface area contributed by atoms with E-state index < -0.39 is 5.97 Å². The predicted octanol–water partition coefficient (Wildman–Crippen LogP) is 2.90. The third kappa shape index (κ3) is 3.25. The molecule has 2 aromatic rings. The molecule has 0 spiro atoms. The van der Waals surface area contributed by atoms with E-state index in [0.717, 1.165) is 17.8 Å². The number of nitrogens with zero attached hydrogens (tertiary/aromatic N) is 2. The van der Waals surface area contributed by atoms with Crippen molar-refractivity contribution in [2.24, 2.45) is 5.92 Å². The number of aromatic nitrogens is 1. The van der Waals surface area contributed by atoms with Gasteiger partial charge in [0.1, 0.15) is 6.26 Å². The molecular weight excluding hydrogens is 292 g/mol. The van der Waals surface area contributed by atoms with Crippen molar-refractivity contribution in [3.05, 3.63) is 41.2 Å². The van der Waals surface area contributed by atoms with Gasteiger partial charge in [-0.05, 0) is 31.2 Å². The van der Waals surface area contributed by atoms with Crippen molar-refractivity contribution in [1.29, 1.82) is 0 Å². The highest BCUT2D eigenvalue weighted by Gasteiger charge is 2.28. The molecule has 0 saturated carbocycles. The van der Waals surface area contributed by atoms with Crippen LogP contribution in [0.2, 0.25) is 5.02 Å². The third-order valence-electron chi connectivity index (χ3n) is 3.63. The number of likely N-dealkylation sites (tertiary alicyclic amines) is 1. The first-order valence-electron chi connectivity index (χ1n) is 6.77. The highest BCUT2D eigenvalue weighted by atomic mass is 35.5. The van der Waals surface area contributed by atoms with Crippen LogP contribution in [0.3, 0.4) is 0 Å². The van der Waals surface area contributed by atoms with Gasteiger partial charge < -0.3 is 9.52 Å². The van der Waals surface area contributed by atoms with Crippen molar-refractivity contribution in [3.63, 3.8) is 0 Å². The number of hydrogen-bond acceptors (Lipinski definition) is 4. The summed E-state index contributed by atoms with van der Waals surface area (Å²) in [5, 5.41) is 9.64. The summed E-state index contributed by atoms with van der Waals surface area (Å²) in [4.78, 5) is 17.5. The Kier molecular flexibility index (Phi) is 3.94. The molecule has 1 atom stereocenters. The molecule has 0 amide bonds. The normalized spacial score (nSPS) is 19.0. The summed E-state index contributed by atoms with van der Waals surface area (Å²) in [5.41, 5.74) is 1.63. The van der Waals surface area contributed by atoms with Crippen LogP contribution in [0, 0.1) is 5.92 Å². The Morgan fingerprint density at radius 2 is 2.38 bits per heavy atom. The largest absolute Gasteiger partial charge is 0.481 e. The van der Waals surface area contributed by atoms with Crippen molar-refractivity contribution in [2.75, 3.05) is 13.1 Å². The Morgan fingerprint density at radius 3 is 3.10 bits per heavy atom. The fraction of sp³-hybridized carbons (Fsp3) is 0.333. The minimum Gasteiger partial charge on any atom is -0.481 e. The Labute approximate surface area is 127 Å². The van der Waals surface area contributed by atoms with Gasteiger partial charge in [0.05, 0.1) is 11.6 Å². The van der Waals surface area contributed by atoms with Crippen LogP contribution in [0.15, 0.2) is 34.9 Å².